The molecule has 3 heteroatoms. The first-order chi connectivity index (χ1) is 3.39. The van der Waals surface area contributed by atoms with Crippen molar-refractivity contribution in [3.8, 4) is 5.75 Å². The summed E-state index contributed by atoms with van der Waals surface area (Å²) in [7, 11) is 0. The van der Waals surface area contributed by atoms with Gasteiger partial charge in [-0.2, -0.15) is 0 Å². The first kappa shape index (κ1) is 11.9. The summed E-state index contributed by atoms with van der Waals surface area (Å²) in [5, 5.41) is 10.2. The maximum atomic E-state index is 10.2. The SMILES string of the molecule is [Li+].[Li].[O-]c1c[c]ccc1. The number of rotatable bonds is 0. The summed E-state index contributed by atoms with van der Waals surface area (Å²) in [6.45, 7) is 0. The standard InChI is InChI=1S/C6H5O.2Li/c7-6-4-2-1-3-5-6;;/h1-2,4-5,7H;;/q;;+1/p-1. The average molecular weight is 106 g/mol. The van der Waals surface area contributed by atoms with Crippen LogP contribution >= 0.6 is 0 Å². The quantitative estimate of drug-likeness (QED) is 0.327. The monoisotopic (exact) mass is 106 g/mol. The van der Waals surface area contributed by atoms with Crippen molar-refractivity contribution in [1.82, 2.24) is 0 Å². The molecule has 0 heterocycles. The third-order valence-electron chi connectivity index (χ3n) is 0.679. The van der Waals surface area contributed by atoms with Gasteiger partial charge < -0.3 is 5.11 Å². The molecule has 1 rings (SSSR count). The van der Waals surface area contributed by atoms with Crippen LogP contribution in [0.5, 0.6) is 5.75 Å². The molecular formula is C6H4Li2O. The molecule has 0 fully saturated rings. The maximum Gasteiger partial charge on any atom is 1.00 e. The van der Waals surface area contributed by atoms with Crippen LogP contribution in [0.15, 0.2) is 24.3 Å². The van der Waals surface area contributed by atoms with Crippen molar-refractivity contribution in [3.05, 3.63) is 30.3 Å². The number of hydrogen-bond acceptors (Lipinski definition) is 1. The first-order valence-corrected chi connectivity index (χ1v) is 2.03. The zero-order valence-corrected chi connectivity index (χ0v) is 5.72. The van der Waals surface area contributed by atoms with Gasteiger partial charge in [0.1, 0.15) is 0 Å². The molecule has 1 nitrogen and oxygen atoms in total. The van der Waals surface area contributed by atoms with Crippen LogP contribution in [0.4, 0.5) is 0 Å². The molecule has 9 heavy (non-hydrogen) atoms. The summed E-state index contributed by atoms with van der Waals surface area (Å²) in [5.74, 6) is 0.0162. The maximum absolute atomic E-state index is 10.2. The molecule has 0 saturated carbocycles. The van der Waals surface area contributed by atoms with Crippen LogP contribution in [-0.4, -0.2) is 18.9 Å². The van der Waals surface area contributed by atoms with E-state index < -0.39 is 0 Å². The molecule has 0 aliphatic heterocycles. The van der Waals surface area contributed by atoms with E-state index in [2.05, 4.69) is 6.07 Å². The summed E-state index contributed by atoms with van der Waals surface area (Å²) in [6.07, 6.45) is 0. The minimum Gasteiger partial charge on any atom is -0.872 e. The van der Waals surface area contributed by atoms with Crippen molar-refractivity contribution in [2.24, 2.45) is 0 Å². The van der Waals surface area contributed by atoms with Crippen LogP contribution < -0.4 is 24.0 Å². The molecule has 0 aliphatic carbocycles. The van der Waals surface area contributed by atoms with Gasteiger partial charge in [-0.15, -0.1) is 5.75 Å². The van der Waals surface area contributed by atoms with E-state index in [4.69, 9.17) is 0 Å². The van der Waals surface area contributed by atoms with Crippen LogP contribution in [0.25, 0.3) is 0 Å². The zero-order chi connectivity index (χ0) is 5.11. The predicted octanol–water partition coefficient (Wildman–Crippen LogP) is -2.82. The van der Waals surface area contributed by atoms with Crippen LogP contribution in [0.3, 0.4) is 0 Å². The topological polar surface area (TPSA) is 23.1 Å². The molecule has 0 unspecified atom stereocenters. The fourth-order valence-electron chi connectivity index (χ4n) is 0.377. The second-order valence-corrected chi connectivity index (χ2v) is 1.24. The Morgan fingerprint density at radius 1 is 1.44 bits per heavy atom. The van der Waals surface area contributed by atoms with E-state index in [0.29, 0.717) is 0 Å². The Morgan fingerprint density at radius 3 is 2.33 bits per heavy atom. The largest absolute Gasteiger partial charge is 1.00 e. The Hall–Kier alpha value is 0.215. The Bertz CT molecular complexity index is 141. The fourth-order valence-corrected chi connectivity index (χ4v) is 0.377. The van der Waals surface area contributed by atoms with E-state index in [-0.39, 0.29) is 43.5 Å². The summed E-state index contributed by atoms with van der Waals surface area (Å²) >= 11 is 0. The van der Waals surface area contributed by atoms with Gasteiger partial charge in [0.05, 0.1) is 0 Å². The van der Waals surface area contributed by atoms with Crippen LogP contribution in [-0.2, 0) is 0 Å². The van der Waals surface area contributed by atoms with Gasteiger partial charge in [0.2, 0.25) is 0 Å². The molecule has 1 aromatic rings. The third-order valence-corrected chi connectivity index (χ3v) is 0.679. The molecule has 1 aromatic carbocycles. The second kappa shape index (κ2) is 6.34. The molecule has 2 radical (unpaired) electrons. The Morgan fingerprint density at radius 2 is 2.11 bits per heavy atom. The van der Waals surface area contributed by atoms with Gasteiger partial charge in [0.25, 0.3) is 0 Å². The van der Waals surface area contributed by atoms with E-state index in [0.717, 1.165) is 0 Å². The smallest absolute Gasteiger partial charge is 0.872 e. The fraction of sp³-hybridized carbons (Fsp3) is 0. The minimum absolute atomic E-state index is 0. The summed E-state index contributed by atoms with van der Waals surface area (Å²) in [4.78, 5) is 0. The third kappa shape index (κ3) is 4.70. The van der Waals surface area contributed by atoms with Crippen LogP contribution in [0.2, 0.25) is 0 Å². The average Bonchev–Trinajstić information content (AvgIpc) is 1.69. The van der Waals surface area contributed by atoms with Gasteiger partial charge in [-0.25, -0.2) is 0 Å². The van der Waals surface area contributed by atoms with Gasteiger partial charge >= 0.3 is 18.9 Å². The van der Waals surface area contributed by atoms with Gasteiger partial charge in [-0.05, 0) is 6.07 Å². The van der Waals surface area contributed by atoms with Gasteiger partial charge in [-0.1, -0.05) is 24.3 Å². The molecule has 0 aliphatic rings. The summed E-state index contributed by atoms with van der Waals surface area (Å²) in [6, 6.07) is 8.91. The second-order valence-electron chi connectivity index (χ2n) is 1.24. The Kier molecular flexibility index (Phi) is 8.41. The molecule has 0 spiro atoms. The van der Waals surface area contributed by atoms with Crippen molar-refractivity contribution in [1.29, 1.82) is 0 Å². The number of benzene rings is 1. The number of hydrogen-bond donors (Lipinski definition) is 0. The molecule has 0 amide bonds. The van der Waals surface area contributed by atoms with Crippen molar-refractivity contribution in [2.45, 2.75) is 0 Å². The molecule has 0 saturated heterocycles. The minimum atomic E-state index is 0. The van der Waals surface area contributed by atoms with Crippen molar-refractivity contribution >= 4 is 18.9 Å². The van der Waals surface area contributed by atoms with E-state index >= 15 is 0 Å². The van der Waals surface area contributed by atoms with Gasteiger partial charge in [0.15, 0.2) is 0 Å². The van der Waals surface area contributed by atoms with E-state index in [1.165, 1.54) is 12.1 Å². The molecule has 36 valence electrons. The molecule has 0 atom stereocenters. The predicted molar refractivity (Wildman–Crippen MR) is 30.5 cm³/mol. The molecular weight excluding hydrogens is 102 g/mol. The van der Waals surface area contributed by atoms with Crippen LogP contribution in [0, 0.1) is 6.07 Å². The Labute approximate surface area is 78.8 Å². The zero-order valence-electron chi connectivity index (χ0n) is 5.72. The van der Waals surface area contributed by atoms with Crippen molar-refractivity contribution in [3.63, 3.8) is 0 Å². The normalized spacial score (nSPS) is 6.67. The van der Waals surface area contributed by atoms with E-state index in [1.807, 2.05) is 0 Å². The van der Waals surface area contributed by atoms with E-state index in [9.17, 15) is 5.11 Å². The van der Waals surface area contributed by atoms with Crippen LogP contribution in [0.1, 0.15) is 0 Å². The van der Waals surface area contributed by atoms with E-state index in [1.54, 1.807) is 12.1 Å². The Balaban J connectivity index is 0. The molecule has 0 bridgehead atoms. The van der Waals surface area contributed by atoms with Gasteiger partial charge in [-0.3, -0.25) is 0 Å². The van der Waals surface area contributed by atoms with Crippen molar-refractivity contribution in [2.75, 3.05) is 0 Å². The first-order valence-electron chi connectivity index (χ1n) is 2.03. The molecule has 0 N–H and O–H groups in total. The summed E-state index contributed by atoms with van der Waals surface area (Å²) in [5.41, 5.74) is 0. The molecule has 0 aromatic heterocycles. The summed E-state index contributed by atoms with van der Waals surface area (Å²) < 4.78 is 0. The van der Waals surface area contributed by atoms with Crippen molar-refractivity contribution < 1.29 is 24.0 Å². The van der Waals surface area contributed by atoms with Gasteiger partial charge in [0, 0.05) is 18.9 Å².